The number of rotatable bonds is 6. The van der Waals surface area contributed by atoms with E-state index in [1.807, 2.05) is 0 Å². The Hall–Kier alpha value is -0.130. The highest BCUT2D eigenvalue weighted by Gasteiger charge is 2.27. The second kappa shape index (κ2) is 6.87. The van der Waals surface area contributed by atoms with Gasteiger partial charge in [-0.05, 0) is 37.5 Å². The quantitative estimate of drug-likeness (QED) is 0.805. The van der Waals surface area contributed by atoms with E-state index in [-0.39, 0.29) is 6.04 Å². The highest BCUT2D eigenvalue weighted by atomic mass is 32.2. The zero-order valence-corrected chi connectivity index (χ0v) is 12.7. The summed E-state index contributed by atoms with van der Waals surface area (Å²) in [5.74, 6) is 0.964. The van der Waals surface area contributed by atoms with Gasteiger partial charge in [-0.3, -0.25) is 0 Å². The van der Waals surface area contributed by atoms with E-state index < -0.39 is 10.0 Å². The molecule has 0 aromatic heterocycles. The zero-order valence-electron chi connectivity index (χ0n) is 11.9. The Kier molecular flexibility index (Phi) is 6.08. The van der Waals surface area contributed by atoms with Gasteiger partial charge in [0.2, 0.25) is 10.0 Å². The standard InChI is InChI=1S/C13H28N2O2S/c1-4-6-11(2)13(14)9-12-7-5-8-15(10-12)18(3,16)17/h11-13H,4-10,14H2,1-3H3. The van der Waals surface area contributed by atoms with E-state index in [9.17, 15) is 8.42 Å². The monoisotopic (exact) mass is 276 g/mol. The minimum atomic E-state index is -3.03. The van der Waals surface area contributed by atoms with Crippen LogP contribution in [0.5, 0.6) is 0 Å². The van der Waals surface area contributed by atoms with Gasteiger partial charge in [-0.2, -0.15) is 0 Å². The van der Waals surface area contributed by atoms with E-state index in [0.29, 0.717) is 24.9 Å². The van der Waals surface area contributed by atoms with Gasteiger partial charge >= 0.3 is 0 Å². The van der Waals surface area contributed by atoms with Crippen LogP contribution in [0.1, 0.15) is 46.0 Å². The van der Waals surface area contributed by atoms with Gasteiger partial charge in [-0.1, -0.05) is 20.3 Å². The Balaban J connectivity index is 2.47. The molecule has 1 aliphatic heterocycles. The molecule has 0 aliphatic carbocycles. The molecule has 0 radical (unpaired) electrons. The van der Waals surface area contributed by atoms with Gasteiger partial charge in [0.25, 0.3) is 0 Å². The summed E-state index contributed by atoms with van der Waals surface area (Å²) in [6, 6.07) is 0.203. The number of hydrogen-bond donors (Lipinski definition) is 1. The molecule has 1 saturated heterocycles. The van der Waals surface area contributed by atoms with Crippen LogP contribution in [0.4, 0.5) is 0 Å². The van der Waals surface area contributed by atoms with Crippen LogP contribution in [0.25, 0.3) is 0 Å². The van der Waals surface area contributed by atoms with Gasteiger partial charge in [0.05, 0.1) is 6.26 Å². The predicted octanol–water partition coefficient (Wildman–Crippen LogP) is 1.81. The first-order valence-corrected chi connectivity index (χ1v) is 8.90. The van der Waals surface area contributed by atoms with Crippen molar-refractivity contribution in [3.63, 3.8) is 0 Å². The van der Waals surface area contributed by atoms with Crippen molar-refractivity contribution in [1.29, 1.82) is 0 Å². The third-order valence-corrected chi connectivity index (χ3v) is 5.30. The molecule has 18 heavy (non-hydrogen) atoms. The third-order valence-electron chi connectivity index (χ3n) is 4.03. The Morgan fingerprint density at radius 3 is 2.67 bits per heavy atom. The summed E-state index contributed by atoms with van der Waals surface area (Å²) in [5.41, 5.74) is 6.22. The first kappa shape index (κ1) is 15.9. The van der Waals surface area contributed by atoms with E-state index in [0.717, 1.165) is 32.1 Å². The van der Waals surface area contributed by atoms with E-state index >= 15 is 0 Å². The first-order valence-electron chi connectivity index (χ1n) is 7.05. The molecule has 4 nitrogen and oxygen atoms in total. The molecular formula is C13H28N2O2S. The molecule has 1 heterocycles. The maximum absolute atomic E-state index is 11.5. The van der Waals surface area contributed by atoms with E-state index in [2.05, 4.69) is 13.8 Å². The molecule has 0 amide bonds. The van der Waals surface area contributed by atoms with Crippen LogP contribution in [-0.4, -0.2) is 38.1 Å². The van der Waals surface area contributed by atoms with Crippen LogP contribution in [-0.2, 0) is 10.0 Å². The number of piperidine rings is 1. The molecule has 5 heteroatoms. The van der Waals surface area contributed by atoms with Gasteiger partial charge < -0.3 is 5.73 Å². The Bertz CT molecular complexity index is 343. The molecule has 0 aromatic carbocycles. The maximum Gasteiger partial charge on any atom is 0.211 e. The van der Waals surface area contributed by atoms with Gasteiger partial charge in [0.15, 0.2) is 0 Å². The van der Waals surface area contributed by atoms with E-state index in [1.54, 1.807) is 4.31 Å². The summed E-state index contributed by atoms with van der Waals surface area (Å²) in [7, 11) is -3.03. The molecule has 3 unspecified atom stereocenters. The van der Waals surface area contributed by atoms with Crippen molar-refractivity contribution in [3.8, 4) is 0 Å². The average Bonchev–Trinajstić information content (AvgIpc) is 2.28. The first-order chi connectivity index (χ1) is 8.34. The fraction of sp³-hybridized carbons (Fsp3) is 1.00. The molecule has 1 rings (SSSR count). The van der Waals surface area contributed by atoms with Gasteiger partial charge in [-0.25, -0.2) is 12.7 Å². The smallest absolute Gasteiger partial charge is 0.211 e. The number of sulfonamides is 1. The summed E-state index contributed by atoms with van der Waals surface area (Å²) in [6.45, 7) is 5.71. The van der Waals surface area contributed by atoms with Crippen molar-refractivity contribution in [2.75, 3.05) is 19.3 Å². The lowest BCUT2D eigenvalue weighted by Gasteiger charge is -2.33. The summed E-state index contributed by atoms with van der Waals surface area (Å²) >= 11 is 0. The summed E-state index contributed by atoms with van der Waals surface area (Å²) < 4.78 is 24.7. The minimum absolute atomic E-state index is 0.203. The SMILES string of the molecule is CCCC(C)C(N)CC1CCCN(S(C)(=O)=O)C1. The minimum Gasteiger partial charge on any atom is -0.327 e. The fourth-order valence-electron chi connectivity index (χ4n) is 2.81. The van der Waals surface area contributed by atoms with Crippen LogP contribution in [0, 0.1) is 11.8 Å². The number of hydrogen-bond acceptors (Lipinski definition) is 3. The highest BCUT2D eigenvalue weighted by molar-refractivity contribution is 7.88. The van der Waals surface area contributed by atoms with Gasteiger partial charge in [-0.15, -0.1) is 0 Å². The van der Waals surface area contributed by atoms with Crippen molar-refractivity contribution in [1.82, 2.24) is 4.31 Å². The fourth-order valence-corrected chi connectivity index (χ4v) is 3.75. The summed E-state index contributed by atoms with van der Waals surface area (Å²) in [4.78, 5) is 0. The summed E-state index contributed by atoms with van der Waals surface area (Å²) in [6.07, 6.45) is 6.64. The van der Waals surface area contributed by atoms with E-state index in [1.165, 1.54) is 6.26 Å². The molecule has 2 N–H and O–H groups in total. The topological polar surface area (TPSA) is 63.4 Å². The number of nitrogens with zero attached hydrogens (tertiary/aromatic N) is 1. The molecule has 1 aliphatic rings. The molecule has 3 atom stereocenters. The van der Waals surface area contributed by atoms with Crippen molar-refractivity contribution in [2.24, 2.45) is 17.6 Å². The normalized spacial score (nSPS) is 25.9. The van der Waals surface area contributed by atoms with Gasteiger partial charge in [0, 0.05) is 19.1 Å². The molecule has 0 aromatic rings. The van der Waals surface area contributed by atoms with Crippen molar-refractivity contribution < 1.29 is 8.42 Å². The Labute approximate surface area is 112 Å². The second-order valence-corrected chi connectivity index (χ2v) is 7.78. The van der Waals surface area contributed by atoms with Crippen LogP contribution >= 0.6 is 0 Å². The Morgan fingerprint density at radius 1 is 1.44 bits per heavy atom. The molecular weight excluding hydrogens is 248 g/mol. The average molecular weight is 276 g/mol. The zero-order chi connectivity index (χ0) is 13.8. The second-order valence-electron chi connectivity index (χ2n) is 5.79. The van der Waals surface area contributed by atoms with Crippen LogP contribution < -0.4 is 5.73 Å². The molecule has 0 bridgehead atoms. The van der Waals surface area contributed by atoms with Crippen LogP contribution in [0.15, 0.2) is 0 Å². The molecule has 108 valence electrons. The summed E-state index contributed by atoms with van der Waals surface area (Å²) in [5, 5.41) is 0. The lowest BCUT2D eigenvalue weighted by Crippen LogP contribution is -2.42. The van der Waals surface area contributed by atoms with Crippen molar-refractivity contribution in [3.05, 3.63) is 0 Å². The molecule has 0 saturated carbocycles. The van der Waals surface area contributed by atoms with Gasteiger partial charge in [0.1, 0.15) is 0 Å². The van der Waals surface area contributed by atoms with Crippen molar-refractivity contribution >= 4 is 10.0 Å². The van der Waals surface area contributed by atoms with E-state index in [4.69, 9.17) is 5.73 Å². The van der Waals surface area contributed by atoms with Crippen LogP contribution in [0.2, 0.25) is 0 Å². The Morgan fingerprint density at radius 2 is 2.11 bits per heavy atom. The lowest BCUT2D eigenvalue weighted by molar-refractivity contribution is 0.230. The molecule has 1 fully saturated rings. The maximum atomic E-state index is 11.5. The largest absolute Gasteiger partial charge is 0.327 e. The third kappa shape index (κ3) is 4.86. The lowest BCUT2D eigenvalue weighted by atomic mass is 9.86. The van der Waals surface area contributed by atoms with Crippen LogP contribution in [0.3, 0.4) is 0 Å². The number of nitrogens with two attached hydrogens (primary N) is 1. The van der Waals surface area contributed by atoms with Crippen molar-refractivity contribution in [2.45, 2.75) is 52.0 Å². The molecule has 0 spiro atoms. The highest BCUT2D eigenvalue weighted by Crippen LogP contribution is 2.25. The predicted molar refractivity (Wildman–Crippen MR) is 75.8 cm³/mol.